The minimum absolute atomic E-state index is 0.172. The molecular formula is C20H16Cl2N2O5S. The first kappa shape index (κ1) is 22.0. The highest BCUT2D eigenvalue weighted by molar-refractivity contribution is 8.18. The van der Waals surface area contributed by atoms with Gasteiger partial charge >= 0.3 is 0 Å². The van der Waals surface area contributed by atoms with Crippen LogP contribution in [-0.4, -0.2) is 35.6 Å². The number of carbonyl (C=O) groups is 3. The molecule has 1 aliphatic rings. The Morgan fingerprint density at radius 1 is 1.17 bits per heavy atom. The van der Waals surface area contributed by atoms with Crippen molar-refractivity contribution in [3.05, 3.63) is 62.5 Å². The predicted molar refractivity (Wildman–Crippen MR) is 116 cm³/mol. The SMILES string of the molecule is COc1ccc(/C=C2\SC(=O)N(CC(N)=O)C2=O)cc1OCc1ccc(Cl)cc1Cl. The highest BCUT2D eigenvalue weighted by Gasteiger charge is 2.35. The molecule has 3 rings (SSSR count). The number of thioether (sulfide) groups is 1. The molecule has 2 aromatic rings. The van der Waals surface area contributed by atoms with Gasteiger partial charge in [0.05, 0.1) is 12.0 Å². The van der Waals surface area contributed by atoms with Gasteiger partial charge in [-0.25, -0.2) is 0 Å². The number of rotatable bonds is 7. The van der Waals surface area contributed by atoms with Crippen molar-refractivity contribution in [1.29, 1.82) is 0 Å². The van der Waals surface area contributed by atoms with Crippen molar-refractivity contribution >= 4 is 58.1 Å². The van der Waals surface area contributed by atoms with Gasteiger partial charge in [0.1, 0.15) is 13.2 Å². The summed E-state index contributed by atoms with van der Waals surface area (Å²) < 4.78 is 11.2. The Morgan fingerprint density at radius 3 is 2.60 bits per heavy atom. The molecule has 156 valence electrons. The number of imide groups is 1. The molecule has 3 amide bonds. The fraction of sp³-hybridized carbons (Fsp3) is 0.150. The van der Waals surface area contributed by atoms with Crippen LogP contribution in [0.25, 0.3) is 6.08 Å². The van der Waals surface area contributed by atoms with E-state index in [-0.39, 0.29) is 11.5 Å². The van der Waals surface area contributed by atoms with Gasteiger partial charge in [0.2, 0.25) is 5.91 Å². The Morgan fingerprint density at radius 2 is 1.93 bits per heavy atom. The van der Waals surface area contributed by atoms with Crippen LogP contribution in [0, 0.1) is 0 Å². The molecule has 0 aromatic heterocycles. The number of primary amides is 1. The number of halogens is 2. The second-order valence-electron chi connectivity index (χ2n) is 6.17. The van der Waals surface area contributed by atoms with Gasteiger partial charge in [-0.2, -0.15) is 0 Å². The van der Waals surface area contributed by atoms with Crippen LogP contribution in [-0.2, 0) is 16.2 Å². The molecule has 0 saturated carbocycles. The Hall–Kier alpha value is -2.68. The topological polar surface area (TPSA) is 98.9 Å². The maximum Gasteiger partial charge on any atom is 0.294 e. The fourth-order valence-electron chi connectivity index (χ4n) is 2.63. The predicted octanol–water partition coefficient (Wildman–Crippen LogP) is 4.10. The van der Waals surface area contributed by atoms with E-state index in [0.29, 0.717) is 27.1 Å². The van der Waals surface area contributed by atoms with E-state index >= 15 is 0 Å². The van der Waals surface area contributed by atoms with Crippen LogP contribution in [0.15, 0.2) is 41.3 Å². The van der Waals surface area contributed by atoms with Gasteiger partial charge in [-0.05, 0) is 47.7 Å². The summed E-state index contributed by atoms with van der Waals surface area (Å²) >= 11 is 12.8. The zero-order chi connectivity index (χ0) is 21.8. The second kappa shape index (κ2) is 9.42. The van der Waals surface area contributed by atoms with Crippen LogP contribution in [0.1, 0.15) is 11.1 Å². The van der Waals surface area contributed by atoms with Crippen molar-refractivity contribution in [2.45, 2.75) is 6.61 Å². The summed E-state index contributed by atoms with van der Waals surface area (Å²) in [6, 6.07) is 10.2. The summed E-state index contributed by atoms with van der Waals surface area (Å²) in [5.74, 6) is -0.428. The molecule has 30 heavy (non-hydrogen) atoms. The van der Waals surface area contributed by atoms with Gasteiger partial charge in [-0.15, -0.1) is 0 Å². The minimum Gasteiger partial charge on any atom is -0.493 e. The van der Waals surface area contributed by atoms with Crippen molar-refractivity contribution in [1.82, 2.24) is 4.90 Å². The van der Waals surface area contributed by atoms with Crippen molar-refractivity contribution < 1.29 is 23.9 Å². The lowest BCUT2D eigenvalue weighted by atomic mass is 10.1. The molecule has 1 saturated heterocycles. The minimum atomic E-state index is -0.764. The summed E-state index contributed by atoms with van der Waals surface area (Å²) in [5.41, 5.74) is 6.43. The van der Waals surface area contributed by atoms with E-state index in [1.807, 2.05) is 0 Å². The molecule has 1 aliphatic heterocycles. The lowest BCUT2D eigenvalue weighted by Crippen LogP contribution is -2.36. The molecule has 0 bridgehead atoms. The number of hydrogen-bond acceptors (Lipinski definition) is 6. The fourth-order valence-corrected chi connectivity index (χ4v) is 3.93. The van der Waals surface area contributed by atoms with Crippen molar-refractivity contribution in [2.75, 3.05) is 13.7 Å². The Labute approximate surface area is 186 Å². The van der Waals surface area contributed by atoms with Gasteiger partial charge in [0.25, 0.3) is 11.1 Å². The third kappa shape index (κ3) is 5.08. The van der Waals surface area contributed by atoms with E-state index < -0.39 is 23.6 Å². The van der Waals surface area contributed by atoms with E-state index in [1.54, 1.807) is 36.4 Å². The molecule has 1 heterocycles. The average molecular weight is 467 g/mol. The van der Waals surface area contributed by atoms with Crippen LogP contribution in [0.5, 0.6) is 11.5 Å². The normalized spacial score (nSPS) is 15.0. The van der Waals surface area contributed by atoms with E-state index in [2.05, 4.69) is 0 Å². The maximum atomic E-state index is 12.4. The quantitative estimate of drug-likeness (QED) is 0.616. The molecule has 0 radical (unpaired) electrons. The van der Waals surface area contributed by atoms with E-state index in [9.17, 15) is 14.4 Å². The van der Waals surface area contributed by atoms with Crippen molar-refractivity contribution in [3.63, 3.8) is 0 Å². The zero-order valence-corrected chi connectivity index (χ0v) is 18.0. The number of nitrogens with two attached hydrogens (primary N) is 1. The number of nitrogens with zero attached hydrogens (tertiary/aromatic N) is 1. The van der Waals surface area contributed by atoms with Crippen LogP contribution >= 0.6 is 35.0 Å². The summed E-state index contributed by atoms with van der Waals surface area (Å²) in [5, 5.41) is 0.446. The Balaban J connectivity index is 1.82. The van der Waals surface area contributed by atoms with Gasteiger partial charge in [0.15, 0.2) is 11.5 Å². The molecule has 0 unspecified atom stereocenters. The largest absolute Gasteiger partial charge is 0.493 e. The van der Waals surface area contributed by atoms with E-state index in [4.69, 9.17) is 38.4 Å². The lowest BCUT2D eigenvalue weighted by molar-refractivity contribution is -0.127. The van der Waals surface area contributed by atoms with Crippen molar-refractivity contribution in [3.8, 4) is 11.5 Å². The highest BCUT2D eigenvalue weighted by atomic mass is 35.5. The number of methoxy groups -OCH3 is 1. The van der Waals surface area contributed by atoms with E-state index in [0.717, 1.165) is 22.2 Å². The Kier molecular flexibility index (Phi) is 6.91. The van der Waals surface area contributed by atoms with Crippen LogP contribution in [0.4, 0.5) is 4.79 Å². The molecule has 7 nitrogen and oxygen atoms in total. The molecule has 2 aromatic carbocycles. The first-order valence-corrected chi connectivity index (χ1v) is 10.1. The van der Waals surface area contributed by atoms with E-state index in [1.165, 1.54) is 13.2 Å². The number of hydrogen-bond donors (Lipinski definition) is 1. The monoisotopic (exact) mass is 466 g/mol. The zero-order valence-electron chi connectivity index (χ0n) is 15.7. The van der Waals surface area contributed by atoms with Gasteiger partial charge in [0, 0.05) is 15.6 Å². The molecule has 2 N–H and O–H groups in total. The summed E-state index contributed by atoms with van der Waals surface area (Å²) in [6.45, 7) is -0.286. The highest BCUT2D eigenvalue weighted by Crippen LogP contribution is 2.35. The third-order valence-corrected chi connectivity index (χ3v) is 5.57. The number of amides is 3. The number of ether oxygens (including phenoxy) is 2. The smallest absolute Gasteiger partial charge is 0.294 e. The number of benzene rings is 2. The molecule has 0 spiro atoms. The summed E-state index contributed by atoms with van der Waals surface area (Å²) in [4.78, 5) is 36.4. The van der Waals surface area contributed by atoms with Gasteiger partial charge < -0.3 is 15.2 Å². The molecular weight excluding hydrogens is 451 g/mol. The maximum absolute atomic E-state index is 12.4. The summed E-state index contributed by atoms with van der Waals surface area (Å²) in [6.07, 6.45) is 1.54. The lowest BCUT2D eigenvalue weighted by Gasteiger charge is -2.12. The summed E-state index contributed by atoms with van der Waals surface area (Å²) in [7, 11) is 1.51. The first-order valence-electron chi connectivity index (χ1n) is 8.57. The Bertz CT molecular complexity index is 1060. The molecule has 1 fully saturated rings. The molecule has 0 aliphatic carbocycles. The van der Waals surface area contributed by atoms with Crippen LogP contribution in [0.2, 0.25) is 10.0 Å². The second-order valence-corrected chi connectivity index (χ2v) is 8.01. The molecule has 10 heteroatoms. The first-order chi connectivity index (χ1) is 14.3. The van der Waals surface area contributed by atoms with Gasteiger partial charge in [-0.1, -0.05) is 35.3 Å². The molecule has 0 atom stereocenters. The standard InChI is InChI=1S/C20H16Cl2N2O5S/c1-28-15-5-2-11(7-17-19(26)24(9-18(23)25)20(27)30-17)6-16(15)29-10-12-3-4-13(21)8-14(12)22/h2-8H,9-10H2,1H3,(H2,23,25)/b17-7-. The van der Waals surface area contributed by atoms with Crippen LogP contribution in [0.3, 0.4) is 0 Å². The third-order valence-electron chi connectivity index (χ3n) is 4.07. The average Bonchev–Trinajstić information content (AvgIpc) is 2.94. The van der Waals surface area contributed by atoms with Gasteiger partial charge in [-0.3, -0.25) is 19.3 Å². The van der Waals surface area contributed by atoms with Crippen LogP contribution < -0.4 is 15.2 Å². The van der Waals surface area contributed by atoms with Crippen molar-refractivity contribution in [2.24, 2.45) is 5.73 Å². The number of carbonyl (C=O) groups excluding carboxylic acids is 3.